The molecule has 1 unspecified atom stereocenters. The lowest BCUT2D eigenvalue weighted by atomic mass is 10.1. The van der Waals surface area contributed by atoms with Crippen molar-refractivity contribution in [3.63, 3.8) is 0 Å². The summed E-state index contributed by atoms with van der Waals surface area (Å²) < 4.78 is 14.5. The fraction of sp³-hybridized carbons (Fsp3) is 0.389. The van der Waals surface area contributed by atoms with Gasteiger partial charge < -0.3 is 19.3 Å². The Bertz CT molecular complexity index is 738. The Morgan fingerprint density at radius 2 is 1.66 bits per heavy atom. The first-order valence-corrected chi connectivity index (χ1v) is 8.61. The summed E-state index contributed by atoms with van der Waals surface area (Å²) in [6, 6.07) is 3.98. The Morgan fingerprint density at radius 1 is 1.10 bits per heavy atom. The summed E-state index contributed by atoms with van der Waals surface area (Å²) in [5, 5.41) is 16.6. The molecule has 0 aliphatic carbocycles. The number of anilines is 2. The Hall–Kier alpha value is -3.47. The van der Waals surface area contributed by atoms with Crippen molar-refractivity contribution < 1.29 is 33.7 Å². The zero-order chi connectivity index (χ0) is 21.6. The maximum Gasteiger partial charge on any atom is 0.411 e. The van der Waals surface area contributed by atoms with Gasteiger partial charge in [0.05, 0.1) is 13.2 Å². The Balaban J connectivity index is 2.51. The van der Waals surface area contributed by atoms with Gasteiger partial charge in [0.25, 0.3) is 0 Å². The van der Waals surface area contributed by atoms with Crippen molar-refractivity contribution in [3.05, 3.63) is 41.3 Å². The zero-order valence-electron chi connectivity index (χ0n) is 15.9. The third-order valence-corrected chi connectivity index (χ3v) is 3.58. The number of nitroso groups, excluding NO2 is 1. The number of ether oxygens (including phenoxy) is 3. The van der Waals surface area contributed by atoms with Crippen molar-refractivity contribution in [2.75, 3.05) is 37.1 Å². The highest BCUT2D eigenvalue weighted by Crippen LogP contribution is 2.23. The molecule has 158 valence electrons. The standard InChI is InChI=1S/C18H23N3O8/c1-3-16(23)27-9-10-29-18(25)20-15-6-4-5-14(12(15)2)19-17(24)28-8-7-13(11-22)21-26/h3-6,13,22H,1,7-11H2,2H3,(H,19,24)(H,20,25). The highest BCUT2D eigenvalue weighted by Gasteiger charge is 2.13. The van der Waals surface area contributed by atoms with E-state index >= 15 is 0 Å². The normalized spacial score (nSPS) is 11.0. The highest BCUT2D eigenvalue weighted by atomic mass is 16.6. The fourth-order valence-corrected chi connectivity index (χ4v) is 2.00. The van der Waals surface area contributed by atoms with Crippen molar-refractivity contribution in [3.8, 4) is 0 Å². The summed E-state index contributed by atoms with van der Waals surface area (Å²) in [5.74, 6) is -0.621. The van der Waals surface area contributed by atoms with E-state index in [1.54, 1.807) is 25.1 Å². The number of benzene rings is 1. The van der Waals surface area contributed by atoms with Gasteiger partial charge in [-0.1, -0.05) is 17.8 Å². The number of nitrogens with one attached hydrogen (secondary N) is 2. The van der Waals surface area contributed by atoms with Crippen LogP contribution in [-0.2, 0) is 19.0 Å². The molecule has 0 aromatic heterocycles. The topological polar surface area (TPSA) is 153 Å². The van der Waals surface area contributed by atoms with E-state index in [2.05, 4.69) is 27.1 Å². The predicted molar refractivity (Wildman–Crippen MR) is 104 cm³/mol. The molecule has 2 amide bonds. The summed E-state index contributed by atoms with van der Waals surface area (Å²) >= 11 is 0. The van der Waals surface area contributed by atoms with Gasteiger partial charge in [-0.3, -0.25) is 10.6 Å². The molecule has 0 bridgehead atoms. The molecule has 0 heterocycles. The number of nitrogens with zero attached hydrogens (tertiary/aromatic N) is 1. The fourth-order valence-electron chi connectivity index (χ4n) is 2.00. The summed E-state index contributed by atoms with van der Waals surface area (Å²) in [6.45, 7) is 4.14. The lowest BCUT2D eigenvalue weighted by molar-refractivity contribution is -0.138. The number of aliphatic hydroxyl groups is 1. The maximum absolute atomic E-state index is 11.8. The van der Waals surface area contributed by atoms with Crippen LogP contribution >= 0.6 is 0 Å². The number of esters is 1. The van der Waals surface area contributed by atoms with Gasteiger partial charge >= 0.3 is 18.2 Å². The molecular formula is C18H23N3O8. The van der Waals surface area contributed by atoms with Crippen molar-refractivity contribution >= 4 is 29.5 Å². The van der Waals surface area contributed by atoms with Gasteiger partial charge in [-0.25, -0.2) is 14.4 Å². The van der Waals surface area contributed by atoms with Gasteiger partial charge in [0.2, 0.25) is 0 Å². The molecule has 1 atom stereocenters. The minimum Gasteiger partial charge on any atom is -0.459 e. The van der Waals surface area contributed by atoms with Gasteiger partial charge in [-0.2, -0.15) is 4.91 Å². The van der Waals surface area contributed by atoms with Gasteiger partial charge in [-0.05, 0) is 24.6 Å². The van der Waals surface area contributed by atoms with Gasteiger partial charge in [0.1, 0.15) is 19.3 Å². The van der Waals surface area contributed by atoms with Crippen LogP contribution in [0.1, 0.15) is 12.0 Å². The minimum absolute atomic E-state index is 0.0947. The molecule has 0 aliphatic rings. The average Bonchev–Trinajstić information content (AvgIpc) is 2.71. The van der Waals surface area contributed by atoms with E-state index in [1.165, 1.54) is 0 Å². The molecule has 0 saturated carbocycles. The lowest BCUT2D eigenvalue weighted by Crippen LogP contribution is -2.20. The van der Waals surface area contributed by atoms with Crippen LogP contribution < -0.4 is 10.6 Å². The van der Waals surface area contributed by atoms with Crippen molar-refractivity contribution in [2.45, 2.75) is 19.4 Å². The van der Waals surface area contributed by atoms with Crippen LogP contribution in [-0.4, -0.2) is 55.7 Å². The van der Waals surface area contributed by atoms with Crippen LogP contribution in [0.3, 0.4) is 0 Å². The van der Waals surface area contributed by atoms with Crippen molar-refractivity contribution in [2.24, 2.45) is 5.18 Å². The molecule has 29 heavy (non-hydrogen) atoms. The summed E-state index contributed by atoms with van der Waals surface area (Å²) in [5.41, 5.74) is 1.32. The molecule has 1 rings (SSSR count). The molecule has 1 aromatic rings. The maximum atomic E-state index is 11.8. The second-order valence-corrected chi connectivity index (χ2v) is 5.60. The molecule has 0 spiro atoms. The van der Waals surface area contributed by atoms with Crippen molar-refractivity contribution in [1.29, 1.82) is 0 Å². The smallest absolute Gasteiger partial charge is 0.411 e. The number of aliphatic hydroxyl groups excluding tert-OH is 1. The van der Waals surface area contributed by atoms with Gasteiger partial charge in [0, 0.05) is 23.9 Å². The van der Waals surface area contributed by atoms with Crippen LogP contribution in [0.5, 0.6) is 0 Å². The summed E-state index contributed by atoms with van der Waals surface area (Å²) in [7, 11) is 0. The third kappa shape index (κ3) is 8.84. The first-order chi connectivity index (χ1) is 13.9. The Kier molecular flexibility index (Phi) is 10.4. The van der Waals surface area contributed by atoms with Crippen molar-refractivity contribution in [1.82, 2.24) is 0 Å². The van der Waals surface area contributed by atoms with E-state index < -0.39 is 30.8 Å². The monoisotopic (exact) mass is 409 g/mol. The number of carbonyl (C=O) groups excluding carboxylic acids is 3. The molecule has 11 nitrogen and oxygen atoms in total. The van der Waals surface area contributed by atoms with E-state index in [0.717, 1.165) is 6.08 Å². The van der Waals surface area contributed by atoms with Crippen LogP contribution in [0.4, 0.5) is 21.0 Å². The number of amides is 2. The lowest BCUT2D eigenvalue weighted by Gasteiger charge is -2.14. The SMILES string of the molecule is C=CC(=O)OCCOC(=O)Nc1cccc(NC(=O)OCCC(CO)N=O)c1C. The van der Waals surface area contributed by atoms with E-state index in [0.29, 0.717) is 16.9 Å². The number of rotatable bonds is 11. The molecular weight excluding hydrogens is 386 g/mol. The van der Waals surface area contributed by atoms with Crippen LogP contribution in [0.15, 0.2) is 36.0 Å². The van der Waals surface area contributed by atoms with E-state index in [-0.39, 0.29) is 26.2 Å². The Morgan fingerprint density at radius 3 is 2.17 bits per heavy atom. The summed E-state index contributed by atoms with van der Waals surface area (Å²) in [6.07, 6.45) is -0.433. The predicted octanol–water partition coefficient (Wildman–Crippen LogP) is 2.34. The van der Waals surface area contributed by atoms with Crippen LogP contribution in [0.2, 0.25) is 0 Å². The van der Waals surface area contributed by atoms with Gasteiger partial charge in [-0.15, -0.1) is 0 Å². The third-order valence-electron chi connectivity index (χ3n) is 3.58. The molecule has 11 heteroatoms. The van der Waals surface area contributed by atoms with Crippen LogP contribution in [0, 0.1) is 11.8 Å². The second-order valence-electron chi connectivity index (χ2n) is 5.60. The molecule has 0 aliphatic heterocycles. The molecule has 0 fully saturated rings. The summed E-state index contributed by atoms with van der Waals surface area (Å²) in [4.78, 5) is 44.9. The molecule has 1 aromatic carbocycles. The minimum atomic E-state index is -0.830. The number of hydrogen-bond acceptors (Lipinski definition) is 9. The Labute approximate surface area is 167 Å². The van der Waals surface area contributed by atoms with E-state index in [9.17, 15) is 19.3 Å². The first-order valence-electron chi connectivity index (χ1n) is 8.61. The number of hydrogen-bond donors (Lipinski definition) is 3. The van der Waals surface area contributed by atoms with E-state index in [4.69, 9.17) is 14.6 Å². The van der Waals surface area contributed by atoms with Crippen LogP contribution in [0.25, 0.3) is 0 Å². The molecule has 3 N–H and O–H groups in total. The molecule has 0 saturated heterocycles. The van der Waals surface area contributed by atoms with E-state index in [1.807, 2.05) is 0 Å². The number of carbonyl (C=O) groups is 3. The second kappa shape index (κ2) is 12.8. The average molecular weight is 409 g/mol. The van der Waals surface area contributed by atoms with Gasteiger partial charge in [0.15, 0.2) is 0 Å². The zero-order valence-corrected chi connectivity index (χ0v) is 15.9. The largest absolute Gasteiger partial charge is 0.459 e. The quantitative estimate of drug-likeness (QED) is 0.165. The highest BCUT2D eigenvalue weighted by molar-refractivity contribution is 5.91. The first kappa shape index (κ1) is 23.6. The molecule has 0 radical (unpaired) electrons.